The summed E-state index contributed by atoms with van der Waals surface area (Å²) in [6.07, 6.45) is 3.42. The molecule has 0 aromatic rings. The average Bonchev–Trinajstić information content (AvgIpc) is 3.34. The van der Waals surface area contributed by atoms with Gasteiger partial charge in [-0.15, -0.1) is 0 Å². The minimum absolute atomic E-state index is 0. The van der Waals surface area contributed by atoms with Crippen molar-refractivity contribution in [2.75, 3.05) is 13.1 Å². The number of amides is 4. The molecular weight excluding hydrogens is 541 g/mol. The van der Waals surface area contributed by atoms with Gasteiger partial charge in [-0.25, -0.2) is 0 Å². The van der Waals surface area contributed by atoms with Gasteiger partial charge in [0.15, 0.2) is 0 Å². The first kappa shape index (κ1) is 40.2. The zero-order chi connectivity index (χ0) is 21.0. The third kappa shape index (κ3) is 9.86. The highest BCUT2D eigenvalue weighted by molar-refractivity contribution is 7.81. The summed E-state index contributed by atoms with van der Waals surface area (Å²) in [7, 11) is 0. The fourth-order valence-electron chi connectivity index (χ4n) is 3.80. The lowest BCUT2D eigenvalue weighted by Crippen LogP contribution is -2.55. The van der Waals surface area contributed by atoms with Gasteiger partial charge in [0.25, 0.3) is 0 Å². The molecule has 2 aliphatic heterocycles. The number of thiol groups is 1. The molecule has 8 nitrogen and oxygen atoms in total. The fraction of sp³-hybridized carbons (Fsp3) is 0.789. The summed E-state index contributed by atoms with van der Waals surface area (Å²) in [6.45, 7) is 6.50. The molecule has 2 aliphatic rings. The summed E-state index contributed by atoms with van der Waals surface area (Å²) >= 11 is 4.48. The number of nitrogens with zero attached hydrogens (tertiary/aromatic N) is 2. The summed E-state index contributed by atoms with van der Waals surface area (Å²) in [5.74, 6) is -1.19. The van der Waals surface area contributed by atoms with Crippen LogP contribution in [0.4, 0.5) is 0 Å². The van der Waals surface area contributed by atoms with Crippen LogP contribution < -0.4 is 11.1 Å². The molecule has 0 aromatic heterocycles. The number of likely N-dealkylation sites (tertiary alicyclic amines) is 2. The van der Waals surface area contributed by atoms with E-state index in [2.05, 4.69) is 17.9 Å². The Balaban J connectivity index is -0.000000841. The molecule has 2 rings (SSSR count). The van der Waals surface area contributed by atoms with E-state index in [4.69, 9.17) is 5.73 Å². The second-order valence-corrected chi connectivity index (χ2v) is 8.40. The summed E-state index contributed by atoms with van der Waals surface area (Å²) < 4.78 is 0. The van der Waals surface area contributed by atoms with Crippen molar-refractivity contribution in [2.24, 2.45) is 11.7 Å². The maximum atomic E-state index is 13.2. The van der Waals surface area contributed by atoms with Crippen molar-refractivity contribution in [3.63, 3.8) is 0 Å². The van der Waals surface area contributed by atoms with E-state index in [0.29, 0.717) is 32.4 Å². The van der Waals surface area contributed by atoms with Gasteiger partial charge in [0.2, 0.25) is 23.6 Å². The van der Waals surface area contributed by atoms with Crippen LogP contribution in [0.15, 0.2) is 0 Å². The lowest BCUT2D eigenvalue weighted by atomic mass is 10.0. The zero-order valence-electron chi connectivity index (χ0n) is 19.4. The quantitative estimate of drug-likeness (QED) is 0.387. The monoisotopic (exact) mass is 582 g/mol. The number of hydrogen-bond donors (Lipinski definition) is 3. The Morgan fingerprint density at radius 2 is 1.42 bits per heavy atom. The standard InChI is InChI=1S/C19H32N4O4S.5H2S/c1-4-11(2)15(28)19(27)23-10-6-8-14(23)18(26)22-9-5-7-13(22)17(25)21-12(3)16(20)24;;;;;/h11-15,28H,4-10H2,1-3H3,(H2,20,24)(H,21,25);5*1H2. The summed E-state index contributed by atoms with van der Waals surface area (Å²) in [4.78, 5) is 53.0. The molecule has 0 saturated carbocycles. The third-order valence-corrected chi connectivity index (χ3v) is 6.61. The van der Waals surface area contributed by atoms with E-state index < -0.39 is 29.3 Å². The van der Waals surface area contributed by atoms with Gasteiger partial charge in [-0.1, -0.05) is 20.3 Å². The van der Waals surface area contributed by atoms with E-state index in [9.17, 15) is 19.2 Å². The number of carbonyl (C=O) groups is 4. The lowest BCUT2D eigenvalue weighted by molar-refractivity contribution is -0.147. The van der Waals surface area contributed by atoms with Crippen LogP contribution >= 0.6 is 80.1 Å². The molecule has 198 valence electrons. The minimum atomic E-state index is -0.796. The number of carbonyl (C=O) groups excluding carboxylic acids is 4. The maximum Gasteiger partial charge on any atom is 0.246 e. The number of hydrogen-bond acceptors (Lipinski definition) is 5. The normalized spacial score (nSPS) is 21.5. The molecule has 3 N–H and O–H groups in total. The maximum absolute atomic E-state index is 13.2. The molecule has 2 heterocycles. The second kappa shape index (κ2) is 18.3. The molecular formula is C19H42N4O4S6. The van der Waals surface area contributed by atoms with E-state index in [1.807, 2.05) is 13.8 Å². The van der Waals surface area contributed by atoms with Crippen LogP contribution in [0.5, 0.6) is 0 Å². The van der Waals surface area contributed by atoms with Gasteiger partial charge in [0, 0.05) is 13.1 Å². The lowest BCUT2D eigenvalue weighted by Gasteiger charge is -2.33. The predicted octanol–water partition coefficient (Wildman–Crippen LogP) is 0.867. The van der Waals surface area contributed by atoms with Crippen molar-refractivity contribution in [1.29, 1.82) is 0 Å². The molecule has 33 heavy (non-hydrogen) atoms. The van der Waals surface area contributed by atoms with E-state index in [0.717, 1.165) is 12.8 Å². The van der Waals surface area contributed by atoms with Crippen molar-refractivity contribution < 1.29 is 19.2 Å². The fourth-order valence-corrected chi connectivity index (χ4v) is 4.16. The Kier molecular flexibility index (Phi) is 22.2. The molecule has 0 aromatic carbocycles. The average molecular weight is 583 g/mol. The first-order valence-electron chi connectivity index (χ1n) is 10.1. The zero-order valence-corrected chi connectivity index (χ0v) is 25.3. The summed E-state index contributed by atoms with van der Waals surface area (Å²) in [5, 5.41) is 2.13. The Morgan fingerprint density at radius 3 is 1.91 bits per heavy atom. The minimum Gasteiger partial charge on any atom is -0.368 e. The van der Waals surface area contributed by atoms with Crippen molar-refractivity contribution in [1.82, 2.24) is 15.1 Å². The largest absolute Gasteiger partial charge is 0.368 e. The van der Waals surface area contributed by atoms with Crippen molar-refractivity contribution in [3.8, 4) is 0 Å². The highest BCUT2D eigenvalue weighted by atomic mass is 32.1. The predicted molar refractivity (Wildman–Crippen MR) is 160 cm³/mol. The van der Waals surface area contributed by atoms with Crippen LogP contribution in [0.2, 0.25) is 0 Å². The smallest absolute Gasteiger partial charge is 0.246 e. The van der Waals surface area contributed by atoms with Crippen molar-refractivity contribution >= 4 is 104 Å². The highest BCUT2D eigenvalue weighted by Crippen LogP contribution is 2.27. The molecule has 0 aliphatic carbocycles. The SMILES string of the molecule is CCC(C)C(S)C(=O)N1CCCC1C(=O)N1CCCC1C(=O)NC(C)C(N)=O.S.S.S.S.S. The van der Waals surface area contributed by atoms with Crippen molar-refractivity contribution in [2.45, 2.75) is 76.3 Å². The molecule has 2 fully saturated rings. The van der Waals surface area contributed by atoms with Gasteiger partial charge in [-0.05, 0) is 38.5 Å². The molecule has 0 bridgehead atoms. The van der Waals surface area contributed by atoms with Gasteiger partial charge in [0.1, 0.15) is 18.1 Å². The third-order valence-electron chi connectivity index (χ3n) is 5.88. The molecule has 14 heteroatoms. The van der Waals surface area contributed by atoms with Crippen molar-refractivity contribution in [3.05, 3.63) is 0 Å². The Morgan fingerprint density at radius 1 is 0.939 bits per heavy atom. The van der Waals surface area contributed by atoms with Gasteiger partial charge in [0.05, 0.1) is 5.25 Å². The number of nitrogens with two attached hydrogens (primary N) is 1. The van der Waals surface area contributed by atoms with Gasteiger partial charge >= 0.3 is 0 Å². The summed E-state index contributed by atoms with van der Waals surface area (Å²) in [5.41, 5.74) is 5.21. The van der Waals surface area contributed by atoms with Gasteiger partial charge in [-0.2, -0.15) is 80.1 Å². The number of rotatable bonds is 7. The van der Waals surface area contributed by atoms with Crippen LogP contribution in [0.1, 0.15) is 52.9 Å². The van der Waals surface area contributed by atoms with E-state index in [1.54, 1.807) is 9.80 Å². The first-order chi connectivity index (χ1) is 13.2. The molecule has 5 unspecified atom stereocenters. The highest BCUT2D eigenvalue weighted by Gasteiger charge is 2.43. The van der Waals surface area contributed by atoms with Crippen LogP contribution in [0, 0.1) is 5.92 Å². The van der Waals surface area contributed by atoms with E-state index >= 15 is 0 Å². The van der Waals surface area contributed by atoms with Crippen LogP contribution in [0.25, 0.3) is 0 Å². The number of nitrogens with one attached hydrogen (secondary N) is 1. The first-order valence-corrected chi connectivity index (χ1v) is 10.6. The van der Waals surface area contributed by atoms with Gasteiger partial charge in [-0.3, -0.25) is 19.2 Å². The van der Waals surface area contributed by atoms with Crippen LogP contribution in [-0.4, -0.2) is 69.9 Å². The molecule has 4 amide bonds. The van der Waals surface area contributed by atoms with Crippen LogP contribution in [0.3, 0.4) is 0 Å². The molecule has 0 spiro atoms. The number of primary amides is 1. The molecule has 0 radical (unpaired) electrons. The van der Waals surface area contributed by atoms with Gasteiger partial charge < -0.3 is 20.9 Å². The Hall–Kier alpha value is -0.0200. The molecule has 2 saturated heterocycles. The van der Waals surface area contributed by atoms with Crippen LogP contribution in [-0.2, 0) is 19.2 Å². The Bertz CT molecular complexity index is 645. The van der Waals surface area contributed by atoms with E-state index in [-0.39, 0.29) is 91.1 Å². The second-order valence-electron chi connectivity index (χ2n) is 7.84. The topological polar surface area (TPSA) is 113 Å². The van der Waals surface area contributed by atoms with E-state index in [1.165, 1.54) is 6.92 Å². The molecule has 5 atom stereocenters. The Labute approximate surface area is 237 Å². The summed E-state index contributed by atoms with van der Waals surface area (Å²) in [6, 6.07) is -1.98.